The van der Waals surface area contributed by atoms with Gasteiger partial charge in [0.1, 0.15) is 0 Å². The van der Waals surface area contributed by atoms with Gasteiger partial charge in [-0.05, 0) is 49.9 Å². The fraction of sp³-hybridized carbons (Fsp3) is 0.500. The summed E-state index contributed by atoms with van der Waals surface area (Å²) >= 11 is 7.10. The van der Waals surface area contributed by atoms with Gasteiger partial charge in [0, 0.05) is 15.5 Å². The van der Waals surface area contributed by atoms with Crippen molar-refractivity contribution in [1.82, 2.24) is 0 Å². The first-order valence-electron chi connectivity index (χ1n) is 5.36. The van der Waals surface area contributed by atoms with Crippen molar-refractivity contribution in [1.29, 1.82) is 0 Å². The van der Waals surface area contributed by atoms with Gasteiger partial charge in [0.2, 0.25) is 0 Å². The van der Waals surface area contributed by atoms with Crippen LogP contribution in [0.2, 0.25) is 0 Å². The van der Waals surface area contributed by atoms with Crippen LogP contribution in [-0.2, 0) is 0 Å². The lowest BCUT2D eigenvalue weighted by Crippen LogP contribution is -2.13. The minimum absolute atomic E-state index is 0.754. The number of nitrogens with one attached hydrogen (secondary N) is 1. The van der Waals surface area contributed by atoms with Gasteiger partial charge >= 0.3 is 0 Å². The fourth-order valence-electron chi connectivity index (χ4n) is 1.49. The maximum absolute atomic E-state index is 3.55. The maximum Gasteiger partial charge on any atom is 0.0629 e. The summed E-state index contributed by atoms with van der Waals surface area (Å²) in [5.74, 6) is 0.754. The van der Waals surface area contributed by atoms with E-state index in [1.807, 2.05) is 6.07 Å². The van der Waals surface area contributed by atoms with Crippen molar-refractivity contribution < 1.29 is 0 Å². The molecule has 0 saturated heterocycles. The summed E-state index contributed by atoms with van der Waals surface area (Å²) in [6.07, 6.45) is 2.46. The van der Waals surface area contributed by atoms with E-state index in [4.69, 9.17) is 0 Å². The number of hydrogen-bond donors (Lipinski definition) is 1. The van der Waals surface area contributed by atoms with Crippen molar-refractivity contribution in [3.63, 3.8) is 0 Å². The van der Waals surface area contributed by atoms with Crippen LogP contribution in [0.3, 0.4) is 0 Å². The predicted molar refractivity (Wildman–Crippen MR) is 74.4 cm³/mol. The lowest BCUT2D eigenvalue weighted by Gasteiger charge is -2.16. The molecule has 15 heavy (non-hydrogen) atoms. The van der Waals surface area contributed by atoms with Crippen molar-refractivity contribution in [3.8, 4) is 0 Å². The van der Waals surface area contributed by atoms with E-state index in [-0.39, 0.29) is 0 Å². The van der Waals surface area contributed by atoms with Gasteiger partial charge in [0.25, 0.3) is 0 Å². The van der Waals surface area contributed by atoms with Crippen LogP contribution in [0.1, 0.15) is 26.7 Å². The molecule has 1 N–H and O–H groups in total. The van der Waals surface area contributed by atoms with E-state index in [0.29, 0.717) is 0 Å². The Bertz CT molecular complexity index is 288. The molecule has 0 unspecified atom stereocenters. The molecule has 1 aromatic rings. The normalized spacial score (nSPS) is 10.7. The van der Waals surface area contributed by atoms with Crippen LogP contribution in [0.5, 0.6) is 0 Å². The summed E-state index contributed by atoms with van der Waals surface area (Å²) in [4.78, 5) is 0. The number of rotatable bonds is 5. The van der Waals surface area contributed by atoms with E-state index in [9.17, 15) is 0 Å². The quantitative estimate of drug-likeness (QED) is 0.793. The first-order valence-corrected chi connectivity index (χ1v) is 6.95. The fourth-order valence-corrected chi connectivity index (χ4v) is 2.77. The van der Waals surface area contributed by atoms with Gasteiger partial charge in [0.15, 0.2) is 0 Å². The Morgan fingerprint density at radius 3 is 2.13 bits per heavy atom. The van der Waals surface area contributed by atoms with Gasteiger partial charge in [-0.3, -0.25) is 0 Å². The summed E-state index contributed by atoms with van der Waals surface area (Å²) in [5.41, 5.74) is 1.16. The molecule has 0 radical (unpaired) electrons. The molecular formula is C12H17Br2N. The maximum atomic E-state index is 3.55. The summed E-state index contributed by atoms with van der Waals surface area (Å²) < 4.78 is 2.23. The molecule has 0 aliphatic rings. The molecule has 0 heterocycles. The number of anilines is 1. The average Bonchev–Trinajstić information content (AvgIpc) is 2.23. The van der Waals surface area contributed by atoms with Gasteiger partial charge in [-0.25, -0.2) is 0 Å². The number of benzene rings is 1. The van der Waals surface area contributed by atoms with Crippen LogP contribution in [0.15, 0.2) is 27.1 Å². The molecule has 0 aliphatic heterocycles. The zero-order valence-electron chi connectivity index (χ0n) is 9.19. The number of halogens is 2. The van der Waals surface area contributed by atoms with Crippen LogP contribution >= 0.6 is 31.9 Å². The van der Waals surface area contributed by atoms with E-state index in [1.54, 1.807) is 0 Å². The third-order valence-electron chi connectivity index (χ3n) is 2.68. The predicted octanol–water partition coefficient (Wildman–Crippen LogP) is 5.06. The summed E-state index contributed by atoms with van der Waals surface area (Å²) in [6.45, 7) is 5.52. The molecule has 3 heteroatoms. The van der Waals surface area contributed by atoms with Crippen molar-refractivity contribution in [2.75, 3.05) is 11.9 Å². The monoisotopic (exact) mass is 333 g/mol. The van der Waals surface area contributed by atoms with Gasteiger partial charge in [-0.1, -0.05) is 32.8 Å². The zero-order valence-corrected chi connectivity index (χ0v) is 12.4. The van der Waals surface area contributed by atoms with E-state index in [1.165, 1.54) is 12.8 Å². The molecule has 0 spiro atoms. The second-order valence-electron chi connectivity index (χ2n) is 3.66. The van der Waals surface area contributed by atoms with Gasteiger partial charge in [0.05, 0.1) is 5.69 Å². The van der Waals surface area contributed by atoms with Crippen molar-refractivity contribution in [3.05, 3.63) is 27.1 Å². The molecule has 0 bridgehead atoms. The molecule has 0 amide bonds. The Balaban J connectivity index is 2.64. The molecule has 0 aliphatic carbocycles. The SMILES string of the molecule is CCC(CC)CNc1c(Br)cccc1Br. The van der Waals surface area contributed by atoms with E-state index >= 15 is 0 Å². The highest BCUT2D eigenvalue weighted by Crippen LogP contribution is 2.30. The van der Waals surface area contributed by atoms with Crippen LogP contribution in [0.25, 0.3) is 0 Å². The Hall–Kier alpha value is -0.0200. The van der Waals surface area contributed by atoms with Crippen molar-refractivity contribution in [2.45, 2.75) is 26.7 Å². The highest BCUT2D eigenvalue weighted by atomic mass is 79.9. The Morgan fingerprint density at radius 1 is 1.13 bits per heavy atom. The minimum Gasteiger partial charge on any atom is -0.383 e. The van der Waals surface area contributed by atoms with Crippen molar-refractivity contribution >= 4 is 37.5 Å². The molecule has 0 saturated carbocycles. The first-order chi connectivity index (χ1) is 7.19. The zero-order chi connectivity index (χ0) is 11.3. The summed E-state index contributed by atoms with van der Waals surface area (Å²) in [5, 5.41) is 3.49. The summed E-state index contributed by atoms with van der Waals surface area (Å²) in [7, 11) is 0. The Morgan fingerprint density at radius 2 is 1.67 bits per heavy atom. The second-order valence-corrected chi connectivity index (χ2v) is 5.37. The third kappa shape index (κ3) is 3.80. The second kappa shape index (κ2) is 6.54. The molecule has 84 valence electrons. The first kappa shape index (κ1) is 13.0. The minimum atomic E-state index is 0.754. The van der Waals surface area contributed by atoms with Crippen LogP contribution < -0.4 is 5.32 Å². The molecule has 1 nitrogen and oxygen atoms in total. The highest BCUT2D eigenvalue weighted by Gasteiger charge is 2.07. The Labute approximate surface area is 109 Å². The van der Waals surface area contributed by atoms with E-state index in [0.717, 1.165) is 27.1 Å². The topological polar surface area (TPSA) is 12.0 Å². The van der Waals surface area contributed by atoms with Crippen molar-refractivity contribution in [2.24, 2.45) is 5.92 Å². The van der Waals surface area contributed by atoms with Gasteiger partial charge < -0.3 is 5.32 Å². The smallest absolute Gasteiger partial charge is 0.0629 e. The molecule has 0 fully saturated rings. The highest BCUT2D eigenvalue weighted by molar-refractivity contribution is 9.11. The molecule has 0 aromatic heterocycles. The lowest BCUT2D eigenvalue weighted by molar-refractivity contribution is 0.519. The molecular weight excluding hydrogens is 318 g/mol. The third-order valence-corrected chi connectivity index (χ3v) is 4.01. The average molecular weight is 335 g/mol. The standard InChI is InChI=1S/C12H17Br2N/c1-3-9(4-2)8-15-12-10(13)6-5-7-11(12)14/h5-7,9,15H,3-4,8H2,1-2H3. The Kier molecular flexibility index (Phi) is 5.69. The van der Waals surface area contributed by atoms with Gasteiger partial charge in [-0.15, -0.1) is 0 Å². The van der Waals surface area contributed by atoms with E-state index < -0.39 is 0 Å². The molecule has 1 aromatic carbocycles. The molecule has 1 rings (SSSR count). The van der Waals surface area contributed by atoms with Crippen LogP contribution in [0.4, 0.5) is 5.69 Å². The summed E-state index contributed by atoms with van der Waals surface area (Å²) in [6, 6.07) is 6.14. The van der Waals surface area contributed by atoms with Crippen LogP contribution in [-0.4, -0.2) is 6.54 Å². The van der Waals surface area contributed by atoms with Gasteiger partial charge in [-0.2, -0.15) is 0 Å². The number of para-hydroxylation sites is 1. The van der Waals surface area contributed by atoms with E-state index in [2.05, 4.69) is 63.2 Å². The lowest BCUT2D eigenvalue weighted by atomic mass is 10.0. The van der Waals surface area contributed by atoms with Crippen LogP contribution in [0, 0.1) is 5.92 Å². The number of hydrogen-bond acceptors (Lipinski definition) is 1. The largest absolute Gasteiger partial charge is 0.383 e. The molecule has 0 atom stereocenters.